The Balaban J connectivity index is 1.84. The van der Waals surface area contributed by atoms with Crippen LogP contribution in [0, 0.1) is 13.8 Å². The van der Waals surface area contributed by atoms with Crippen LogP contribution in [-0.4, -0.2) is 32.6 Å². The summed E-state index contributed by atoms with van der Waals surface area (Å²) in [6.07, 6.45) is 0. The van der Waals surface area contributed by atoms with Crippen LogP contribution < -0.4 is 15.2 Å². The van der Waals surface area contributed by atoms with Crippen molar-refractivity contribution in [2.75, 3.05) is 12.0 Å². The molecule has 3 aromatic heterocycles. The molecule has 0 radical (unpaired) electrons. The van der Waals surface area contributed by atoms with Crippen LogP contribution in [0.3, 0.4) is 0 Å². The minimum absolute atomic E-state index is 0.216. The second-order valence-corrected chi connectivity index (χ2v) is 7.44. The Morgan fingerprint density at radius 3 is 2.72 bits per heavy atom. The summed E-state index contributed by atoms with van der Waals surface area (Å²) in [7, 11) is 1.58. The number of H-pyrrole nitrogens is 1. The van der Waals surface area contributed by atoms with Gasteiger partial charge in [-0.15, -0.1) is 11.3 Å². The number of rotatable bonds is 5. The first-order valence-corrected chi connectivity index (χ1v) is 9.81. The third-order valence-corrected chi connectivity index (χ3v) is 5.56. The molecular formula is C20H19N5O3S. The van der Waals surface area contributed by atoms with E-state index in [9.17, 15) is 9.59 Å². The molecule has 0 saturated heterocycles. The quantitative estimate of drug-likeness (QED) is 0.547. The minimum Gasteiger partial charge on any atom is -0.496 e. The van der Waals surface area contributed by atoms with Crippen LogP contribution in [0.1, 0.15) is 26.5 Å². The first-order valence-electron chi connectivity index (χ1n) is 8.93. The molecule has 0 unspecified atom stereocenters. The number of amides is 1. The number of aromatic nitrogens is 4. The van der Waals surface area contributed by atoms with Crippen molar-refractivity contribution in [2.45, 2.75) is 20.4 Å². The SMILES string of the molecule is COc1ccccc1CN(C(=O)c1cccs1)c1nc2nc(C)c(C)c(=O)n2[nH]1. The maximum atomic E-state index is 13.2. The molecule has 9 heteroatoms. The summed E-state index contributed by atoms with van der Waals surface area (Å²) in [4.78, 5) is 36.6. The van der Waals surface area contributed by atoms with Crippen molar-refractivity contribution in [1.82, 2.24) is 19.6 Å². The van der Waals surface area contributed by atoms with E-state index in [1.807, 2.05) is 35.7 Å². The monoisotopic (exact) mass is 409 g/mol. The zero-order valence-corrected chi connectivity index (χ0v) is 17.0. The Morgan fingerprint density at radius 1 is 1.21 bits per heavy atom. The summed E-state index contributed by atoms with van der Waals surface area (Å²) in [5.74, 6) is 0.891. The van der Waals surface area contributed by atoms with Gasteiger partial charge in [-0.1, -0.05) is 24.3 Å². The highest BCUT2D eigenvalue weighted by Crippen LogP contribution is 2.24. The van der Waals surface area contributed by atoms with Gasteiger partial charge >= 0.3 is 0 Å². The average molecular weight is 409 g/mol. The van der Waals surface area contributed by atoms with Gasteiger partial charge in [0.1, 0.15) is 5.75 Å². The maximum absolute atomic E-state index is 13.2. The molecule has 4 aromatic rings. The van der Waals surface area contributed by atoms with Crippen LogP contribution >= 0.6 is 11.3 Å². The third kappa shape index (κ3) is 3.40. The van der Waals surface area contributed by atoms with Crippen LogP contribution in [0.5, 0.6) is 5.75 Å². The van der Waals surface area contributed by atoms with E-state index < -0.39 is 0 Å². The fourth-order valence-corrected chi connectivity index (χ4v) is 3.67. The summed E-state index contributed by atoms with van der Waals surface area (Å²) < 4.78 is 6.69. The highest BCUT2D eigenvalue weighted by atomic mass is 32.1. The van der Waals surface area contributed by atoms with Crippen molar-refractivity contribution >= 4 is 29.0 Å². The van der Waals surface area contributed by atoms with Gasteiger partial charge in [-0.25, -0.2) is 4.98 Å². The predicted molar refractivity (Wildman–Crippen MR) is 111 cm³/mol. The molecule has 8 nitrogen and oxygen atoms in total. The lowest BCUT2D eigenvalue weighted by Crippen LogP contribution is -2.31. The third-order valence-electron chi connectivity index (χ3n) is 4.71. The number of carbonyl (C=O) groups is 1. The molecule has 0 bridgehead atoms. The van der Waals surface area contributed by atoms with Crippen molar-refractivity contribution in [3.8, 4) is 5.75 Å². The van der Waals surface area contributed by atoms with Gasteiger partial charge in [-0.2, -0.15) is 9.50 Å². The second-order valence-electron chi connectivity index (χ2n) is 6.49. The average Bonchev–Trinajstić information content (AvgIpc) is 3.40. The Morgan fingerprint density at radius 2 is 2.00 bits per heavy atom. The molecule has 0 saturated carbocycles. The second kappa shape index (κ2) is 7.51. The topological polar surface area (TPSA) is 92.6 Å². The van der Waals surface area contributed by atoms with Gasteiger partial charge in [0, 0.05) is 16.8 Å². The standard InChI is InChI=1S/C20H19N5O3S/c1-12-13(2)21-19-22-20(23-25(19)17(12)26)24(18(27)16-9-6-10-29-16)11-14-7-4-5-8-15(14)28-3/h4-10H,11H2,1-3H3,(H,21,22,23). The van der Waals surface area contributed by atoms with Crippen molar-refractivity contribution < 1.29 is 9.53 Å². The Kier molecular flexibility index (Phi) is 4.89. The van der Waals surface area contributed by atoms with Crippen LogP contribution in [0.15, 0.2) is 46.6 Å². The minimum atomic E-state index is -0.243. The summed E-state index contributed by atoms with van der Waals surface area (Å²) in [6, 6.07) is 11.0. The molecular weight excluding hydrogens is 390 g/mol. The van der Waals surface area contributed by atoms with E-state index in [4.69, 9.17) is 4.74 Å². The van der Waals surface area contributed by atoms with Crippen LogP contribution in [0.2, 0.25) is 0 Å². The van der Waals surface area contributed by atoms with E-state index in [-0.39, 0.29) is 29.7 Å². The van der Waals surface area contributed by atoms with Gasteiger partial charge in [0.05, 0.1) is 18.5 Å². The van der Waals surface area contributed by atoms with Crippen molar-refractivity contribution in [3.05, 3.63) is 73.8 Å². The number of nitrogens with one attached hydrogen (secondary N) is 1. The molecule has 3 heterocycles. The molecule has 1 N–H and O–H groups in total. The van der Waals surface area contributed by atoms with E-state index in [0.717, 1.165) is 5.56 Å². The highest BCUT2D eigenvalue weighted by Gasteiger charge is 2.24. The molecule has 29 heavy (non-hydrogen) atoms. The lowest BCUT2D eigenvalue weighted by molar-refractivity contribution is 0.0987. The summed E-state index contributed by atoms with van der Waals surface area (Å²) in [6.45, 7) is 3.68. The number of carbonyl (C=O) groups excluding carboxylic acids is 1. The Bertz CT molecular complexity index is 1240. The number of hydrogen-bond donors (Lipinski definition) is 1. The van der Waals surface area contributed by atoms with E-state index >= 15 is 0 Å². The van der Waals surface area contributed by atoms with Gasteiger partial charge in [-0.05, 0) is 31.4 Å². The molecule has 0 spiro atoms. The summed E-state index contributed by atoms with van der Waals surface area (Å²) in [5.41, 5.74) is 1.70. The normalized spacial score (nSPS) is 11.0. The van der Waals surface area contributed by atoms with Crippen molar-refractivity contribution in [3.63, 3.8) is 0 Å². The van der Waals surface area contributed by atoms with Gasteiger partial charge in [-0.3, -0.25) is 19.6 Å². The number of fused-ring (bicyclic) bond motifs is 1. The molecule has 148 valence electrons. The first kappa shape index (κ1) is 18.9. The van der Waals surface area contributed by atoms with Crippen LogP contribution in [-0.2, 0) is 6.54 Å². The zero-order chi connectivity index (χ0) is 20.5. The Labute approximate surface area is 170 Å². The zero-order valence-electron chi connectivity index (χ0n) is 16.2. The van der Waals surface area contributed by atoms with Gasteiger partial charge < -0.3 is 4.74 Å². The van der Waals surface area contributed by atoms with E-state index in [0.29, 0.717) is 21.9 Å². The first-order chi connectivity index (χ1) is 14.0. The molecule has 0 aliphatic rings. The smallest absolute Gasteiger partial charge is 0.277 e. The van der Waals surface area contributed by atoms with E-state index in [1.54, 1.807) is 27.0 Å². The van der Waals surface area contributed by atoms with Crippen LogP contribution in [0.4, 0.5) is 5.95 Å². The van der Waals surface area contributed by atoms with Crippen LogP contribution in [0.25, 0.3) is 5.78 Å². The fraction of sp³-hybridized carbons (Fsp3) is 0.200. The highest BCUT2D eigenvalue weighted by molar-refractivity contribution is 7.12. The molecule has 1 aromatic carbocycles. The van der Waals surface area contributed by atoms with Gasteiger partial charge in [0.15, 0.2) is 0 Å². The molecule has 0 atom stereocenters. The number of hydrogen-bond acceptors (Lipinski definition) is 6. The number of para-hydroxylation sites is 1. The largest absolute Gasteiger partial charge is 0.496 e. The number of anilines is 1. The number of aryl methyl sites for hydroxylation is 1. The number of thiophene rings is 1. The van der Waals surface area contributed by atoms with Gasteiger partial charge in [0.2, 0.25) is 5.95 Å². The number of ether oxygens (including phenoxy) is 1. The predicted octanol–water partition coefficient (Wildman–Crippen LogP) is 2.95. The molecule has 4 rings (SSSR count). The van der Waals surface area contributed by atoms with Crippen molar-refractivity contribution in [1.29, 1.82) is 0 Å². The molecule has 1 amide bonds. The molecule has 0 aliphatic heterocycles. The van der Waals surface area contributed by atoms with E-state index in [2.05, 4.69) is 15.1 Å². The lowest BCUT2D eigenvalue weighted by atomic mass is 10.2. The van der Waals surface area contributed by atoms with Crippen molar-refractivity contribution in [2.24, 2.45) is 0 Å². The lowest BCUT2D eigenvalue weighted by Gasteiger charge is -2.20. The fourth-order valence-electron chi connectivity index (χ4n) is 2.99. The number of methoxy groups -OCH3 is 1. The van der Waals surface area contributed by atoms with E-state index in [1.165, 1.54) is 20.8 Å². The number of aromatic amines is 1. The molecule has 0 fully saturated rings. The summed E-state index contributed by atoms with van der Waals surface area (Å²) >= 11 is 1.34. The maximum Gasteiger partial charge on any atom is 0.277 e. The number of nitrogens with zero attached hydrogens (tertiary/aromatic N) is 4. The Hall–Kier alpha value is -3.46. The molecule has 0 aliphatic carbocycles. The van der Waals surface area contributed by atoms with Gasteiger partial charge in [0.25, 0.3) is 17.2 Å². The number of benzene rings is 1. The summed E-state index contributed by atoms with van der Waals surface area (Å²) in [5, 5.41) is 4.77.